The summed E-state index contributed by atoms with van der Waals surface area (Å²) >= 11 is 13.2. The average molecular weight is 512 g/mol. The molecule has 0 radical (unpaired) electrons. The number of hydrogen-bond acceptors (Lipinski definition) is 6. The molecule has 0 saturated heterocycles. The maximum atomic E-state index is 4.98. The van der Waals surface area contributed by atoms with Crippen molar-refractivity contribution < 1.29 is 34.1 Å². The van der Waals surface area contributed by atoms with Gasteiger partial charge in [-0.25, -0.2) is 0 Å². The standard InChI is InChI=1S/2C7H5NS2.2Fe.2H2S/c2*9-7-8-5-3-1-2-4-6(5)10-7;;;;/h2*1-4H,(H,8,9);;;2*1H2/q;;;+2;;/p-2. The summed E-state index contributed by atoms with van der Waals surface area (Å²) in [5, 5.41) is 0. The fraction of sp³-hybridized carbons (Fsp3) is 0. The van der Waals surface area contributed by atoms with Crippen LogP contribution in [0.4, 0.5) is 0 Å². The van der Waals surface area contributed by atoms with Gasteiger partial charge in [0, 0.05) is 17.1 Å². The first-order valence-electron chi connectivity index (χ1n) is 5.88. The van der Waals surface area contributed by atoms with Crippen molar-refractivity contribution >= 4 is 94.5 Å². The van der Waals surface area contributed by atoms with Crippen molar-refractivity contribution in [2.24, 2.45) is 0 Å². The third kappa shape index (κ3) is 6.96. The third-order valence-corrected chi connectivity index (χ3v) is 5.08. The van der Waals surface area contributed by atoms with Crippen LogP contribution in [0.25, 0.3) is 20.4 Å². The Morgan fingerprint density at radius 3 is 1.33 bits per heavy atom. The number of aromatic nitrogens is 2. The molecule has 0 aliphatic heterocycles. The minimum Gasteiger partial charge on any atom is -0.813 e. The zero-order valence-electron chi connectivity index (χ0n) is 11.9. The maximum absolute atomic E-state index is 4.98. The SMILES string of the molecule is S=c1[nH]c2ccccc2s1.S=c1[nH]c2ccccc2s1.[Fe+2].[Fe].[SH-].[SH-]. The molecule has 0 aliphatic carbocycles. The number of hydrogen-bond donors (Lipinski definition) is 2. The van der Waals surface area contributed by atoms with E-state index < -0.39 is 0 Å². The molecule has 2 aromatic carbocycles. The number of aromatic amines is 2. The van der Waals surface area contributed by atoms with E-state index in [0.29, 0.717) is 0 Å². The number of thiazole rings is 2. The first-order chi connectivity index (χ1) is 9.72. The summed E-state index contributed by atoms with van der Waals surface area (Å²) in [5.74, 6) is 0. The molecule has 4 rings (SSSR count). The van der Waals surface area contributed by atoms with E-state index in [-0.39, 0.29) is 61.1 Å². The van der Waals surface area contributed by atoms with E-state index in [2.05, 4.69) is 22.1 Å². The van der Waals surface area contributed by atoms with Crippen LogP contribution in [0.2, 0.25) is 0 Å². The van der Waals surface area contributed by atoms with E-state index in [9.17, 15) is 0 Å². The first-order valence-corrected chi connectivity index (χ1v) is 8.33. The van der Waals surface area contributed by atoms with Crippen LogP contribution >= 0.6 is 47.1 Å². The van der Waals surface area contributed by atoms with Gasteiger partial charge in [0.25, 0.3) is 0 Å². The molecular weight excluding hydrogens is 500 g/mol. The third-order valence-electron chi connectivity index (χ3n) is 2.65. The Labute approximate surface area is 193 Å². The quantitative estimate of drug-likeness (QED) is 0.144. The first kappa shape index (κ1) is 26.6. The summed E-state index contributed by atoms with van der Waals surface area (Å²) in [6.45, 7) is 0. The molecule has 2 aromatic heterocycles. The van der Waals surface area contributed by atoms with Crippen molar-refractivity contribution in [1.29, 1.82) is 0 Å². The summed E-state index contributed by atoms with van der Waals surface area (Å²) in [7, 11) is 0. The number of benzene rings is 2. The van der Waals surface area contributed by atoms with Crippen LogP contribution in [0.15, 0.2) is 48.5 Å². The molecule has 0 fully saturated rings. The Balaban J connectivity index is 0. The van der Waals surface area contributed by atoms with E-state index in [1.807, 2.05) is 36.4 Å². The molecule has 0 aliphatic rings. The van der Waals surface area contributed by atoms with Gasteiger partial charge in [-0.2, -0.15) is 0 Å². The van der Waals surface area contributed by atoms with Gasteiger partial charge in [-0.15, -0.1) is 22.7 Å². The Hall–Kier alpha value is 0.399. The molecule has 0 unspecified atom stereocenters. The topological polar surface area (TPSA) is 31.6 Å². The van der Waals surface area contributed by atoms with Crippen molar-refractivity contribution in [3.63, 3.8) is 0 Å². The van der Waals surface area contributed by atoms with Crippen LogP contribution in [0, 0.1) is 7.91 Å². The number of fused-ring (bicyclic) bond motifs is 2. The number of para-hydroxylation sites is 2. The van der Waals surface area contributed by atoms with Gasteiger partial charge in [0.1, 0.15) is 0 Å². The van der Waals surface area contributed by atoms with E-state index in [0.717, 1.165) is 18.9 Å². The van der Waals surface area contributed by atoms with Crippen molar-refractivity contribution in [3.05, 3.63) is 56.4 Å². The van der Waals surface area contributed by atoms with Crippen LogP contribution < -0.4 is 0 Å². The Bertz CT molecular complexity index is 820. The summed E-state index contributed by atoms with van der Waals surface area (Å²) in [4.78, 5) is 6.18. The van der Waals surface area contributed by atoms with Crippen molar-refractivity contribution in [2.75, 3.05) is 0 Å². The molecule has 0 saturated carbocycles. The maximum Gasteiger partial charge on any atom is 2.00 e. The molecule has 0 amide bonds. The Morgan fingerprint density at radius 2 is 1.00 bits per heavy atom. The zero-order chi connectivity index (χ0) is 13.9. The average Bonchev–Trinajstić information content (AvgIpc) is 2.99. The van der Waals surface area contributed by atoms with Crippen molar-refractivity contribution in [2.45, 2.75) is 0 Å². The van der Waals surface area contributed by atoms with Gasteiger partial charge in [0.2, 0.25) is 0 Å². The molecule has 2 N–H and O–H groups in total. The van der Waals surface area contributed by atoms with Gasteiger partial charge in [-0.3, -0.25) is 0 Å². The largest absolute Gasteiger partial charge is 2.00 e. The molecule has 2 heterocycles. The van der Waals surface area contributed by atoms with E-state index >= 15 is 0 Å². The predicted molar refractivity (Wildman–Crippen MR) is 112 cm³/mol. The second kappa shape index (κ2) is 12.7. The molecular formula is C14H12Fe2N2S6. The fourth-order valence-corrected chi connectivity index (χ4v) is 4.02. The van der Waals surface area contributed by atoms with Gasteiger partial charge in [0.15, 0.2) is 7.91 Å². The molecule has 0 bridgehead atoms. The summed E-state index contributed by atoms with van der Waals surface area (Å²) < 4.78 is 4.16. The van der Waals surface area contributed by atoms with Crippen LogP contribution in [-0.2, 0) is 61.1 Å². The molecule has 24 heavy (non-hydrogen) atoms. The van der Waals surface area contributed by atoms with Crippen molar-refractivity contribution in [3.8, 4) is 0 Å². The fourth-order valence-electron chi connectivity index (χ4n) is 1.79. The molecule has 10 heteroatoms. The van der Waals surface area contributed by atoms with E-state index in [4.69, 9.17) is 24.4 Å². The van der Waals surface area contributed by atoms with Gasteiger partial charge in [0.05, 0.1) is 20.4 Å². The predicted octanol–water partition coefficient (Wildman–Crippen LogP) is 5.37. The van der Waals surface area contributed by atoms with E-state index in [1.54, 1.807) is 22.7 Å². The summed E-state index contributed by atoms with van der Waals surface area (Å²) in [6.07, 6.45) is 0. The zero-order valence-corrected chi connectivity index (χ0v) is 19.1. The number of thiol groups is 2. The molecule has 0 atom stereocenters. The Kier molecular flexibility index (Phi) is 14.1. The minimum atomic E-state index is 0. The molecule has 2 nitrogen and oxygen atoms in total. The molecule has 4 aromatic rings. The van der Waals surface area contributed by atoms with Gasteiger partial charge >= 0.3 is 17.1 Å². The van der Waals surface area contributed by atoms with Gasteiger partial charge in [-0.1, -0.05) is 24.3 Å². The van der Waals surface area contributed by atoms with Gasteiger partial charge in [-0.05, 0) is 48.7 Å². The number of H-pyrrole nitrogens is 2. The molecule has 130 valence electrons. The normalized spacial score (nSPS) is 8.67. The van der Waals surface area contributed by atoms with Crippen LogP contribution in [0.5, 0.6) is 0 Å². The number of rotatable bonds is 0. The summed E-state index contributed by atoms with van der Waals surface area (Å²) in [6, 6.07) is 16.2. The second-order valence-corrected chi connectivity index (χ2v) is 7.46. The monoisotopic (exact) mass is 512 g/mol. The Morgan fingerprint density at radius 1 is 0.667 bits per heavy atom. The van der Waals surface area contributed by atoms with Crippen molar-refractivity contribution in [1.82, 2.24) is 9.97 Å². The smallest absolute Gasteiger partial charge is 0.813 e. The van der Waals surface area contributed by atoms with Crippen LogP contribution in [0.1, 0.15) is 0 Å². The molecule has 0 spiro atoms. The van der Waals surface area contributed by atoms with E-state index in [1.165, 1.54) is 9.40 Å². The van der Waals surface area contributed by atoms with Crippen LogP contribution in [-0.4, -0.2) is 9.97 Å². The minimum absolute atomic E-state index is 0. The van der Waals surface area contributed by atoms with Gasteiger partial charge < -0.3 is 37.0 Å². The number of nitrogens with one attached hydrogen (secondary N) is 2. The summed E-state index contributed by atoms with van der Waals surface area (Å²) in [5.41, 5.74) is 2.27. The van der Waals surface area contributed by atoms with Crippen LogP contribution in [0.3, 0.4) is 0 Å². The second-order valence-electron chi connectivity index (χ2n) is 4.02.